The van der Waals surface area contributed by atoms with Gasteiger partial charge in [-0.25, -0.2) is 0 Å². The third-order valence-electron chi connectivity index (χ3n) is 4.53. The van der Waals surface area contributed by atoms with E-state index in [2.05, 4.69) is 19.3 Å². The molecule has 1 N–H and O–H groups in total. The van der Waals surface area contributed by atoms with Crippen LogP contribution in [0.1, 0.15) is 45.4 Å². The van der Waals surface area contributed by atoms with E-state index in [9.17, 15) is 0 Å². The first-order chi connectivity index (χ1) is 6.81. The SMILES string of the molecule is CNCC1CCCC2C[C@H](C)CCC12. The van der Waals surface area contributed by atoms with Crippen LogP contribution in [0.3, 0.4) is 0 Å². The van der Waals surface area contributed by atoms with Crippen LogP contribution in [-0.2, 0) is 0 Å². The van der Waals surface area contributed by atoms with Crippen LogP contribution >= 0.6 is 0 Å². The first-order valence-electron chi connectivity index (χ1n) is 6.46. The summed E-state index contributed by atoms with van der Waals surface area (Å²) in [5, 5.41) is 3.38. The molecule has 3 unspecified atom stereocenters. The molecule has 0 amide bonds. The second-order valence-corrected chi connectivity index (χ2v) is 5.59. The van der Waals surface area contributed by atoms with Crippen LogP contribution in [-0.4, -0.2) is 13.6 Å². The molecular weight excluding hydrogens is 170 g/mol. The number of rotatable bonds is 2. The lowest BCUT2D eigenvalue weighted by molar-refractivity contribution is 0.0807. The Morgan fingerprint density at radius 1 is 1.14 bits per heavy atom. The average Bonchev–Trinajstić information content (AvgIpc) is 2.18. The van der Waals surface area contributed by atoms with E-state index in [-0.39, 0.29) is 0 Å². The topological polar surface area (TPSA) is 12.0 Å². The van der Waals surface area contributed by atoms with Crippen molar-refractivity contribution in [1.82, 2.24) is 5.32 Å². The van der Waals surface area contributed by atoms with Crippen molar-refractivity contribution in [3.8, 4) is 0 Å². The van der Waals surface area contributed by atoms with Crippen molar-refractivity contribution >= 4 is 0 Å². The average molecular weight is 195 g/mol. The van der Waals surface area contributed by atoms with Crippen LogP contribution in [0.4, 0.5) is 0 Å². The summed E-state index contributed by atoms with van der Waals surface area (Å²) in [6.07, 6.45) is 9.01. The van der Waals surface area contributed by atoms with Gasteiger partial charge in [0.25, 0.3) is 0 Å². The molecule has 2 fully saturated rings. The summed E-state index contributed by atoms with van der Waals surface area (Å²) in [5.41, 5.74) is 0. The molecule has 0 saturated heterocycles. The minimum Gasteiger partial charge on any atom is -0.319 e. The van der Waals surface area contributed by atoms with Crippen LogP contribution in [0.15, 0.2) is 0 Å². The van der Waals surface area contributed by atoms with Gasteiger partial charge in [0.15, 0.2) is 0 Å². The maximum Gasteiger partial charge on any atom is -0.00208 e. The van der Waals surface area contributed by atoms with Gasteiger partial charge in [-0.15, -0.1) is 0 Å². The molecule has 0 aliphatic heterocycles. The van der Waals surface area contributed by atoms with Crippen LogP contribution in [0.25, 0.3) is 0 Å². The van der Waals surface area contributed by atoms with Gasteiger partial charge in [0.1, 0.15) is 0 Å². The summed E-state index contributed by atoms with van der Waals surface area (Å²) in [4.78, 5) is 0. The molecule has 0 radical (unpaired) electrons. The van der Waals surface area contributed by atoms with Gasteiger partial charge in [0.05, 0.1) is 0 Å². The fourth-order valence-electron chi connectivity index (χ4n) is 3.85. The highest BCUT2D eigenvalue weighted by molar-refractivity contribution is 4.87. The standard InChI is InChI=1S/C13H25N/c1-10-6-7-13-11(8-10)4-3-5-12(13)9-14-2/h10-14H,3-9H2,1-2H3/t10-,11?,12?,13?/m1/s1. The van der Waals surface area contributed by atoms with Crippen LogP contribution < -0.4 is 5.32 Å². The first-order valence-corrected chi connectivity index (χ1v) is 6.46. The molecule has 0 heterocycles. The highest BCUT2D eigenvalue weighted by atomic mass is 14.8. The summed E-state index contributed by atoms with van der Waals surface area (Å²) < 4.78 is 0. The Morgan fingerprint density at radius 2 is 2.00 bits per heavy atom. The van der Waals surface area contributed by atoms with Gasteiger partial charge in [-0.05, 0) is 56.5 Å². The Hall–Kier alpha value is -0.0400. The molecule has 14 heavy (non-hydrogen) atoms. The predicted molar refractivity (Wildman–Crippen MR) is 61.3 cm³/mol. The zero-order valence-corrected chi connectivity index (χ0v) is 9.76. The third-order valence-corrected chi connectivity index (χ3v) is 4.53. The van der Waals surface area contributed by atoms with E-state index >= 15 is 0 Å². The van der Waals surface area contributed by atoms with Gasteiger partial charge in [0, 0.05) is 0 Å². The van der Waals surface area contributed by atoms with Gasteiger partial charge in [-0.3, -0.25) is 0 Å². The highest BCUT2D eigenvalue weighted by Gasteiger charge is 2.36. The molecule has 2 aliphatic rings. The van der Waals surface area contributed by atoms with E-state index in [0.29, 0.717) is 0 Å². The van der Waals surface area contributed by atoms with E-state index in [1.165, 1.54) is 45.1 Å². The van der Waals surface area contributed by atoms with Crippen LogP contribution in [0.5, 0.6) is 0 Å². The second kappa shape index (κ2) is 4.65. The fraction of sp³-hybridized carbons (Fsp3) is 1.00. The molecule has 0 aromatic heterocycles. The Balaban J connectivity index is 1.95. The third kappa shape index (κ3) is 2.13. The molecule has 2 aliphatic carbocycles. The quantitative estimate of drug-likeness (QED) is 0.714. The number of hydrogen-bond donors (Lipinski definition) is 1. The van der Waals surface area contributed by atoms with Crippen molar-refractivity contribution in [3.63, 3.8) is 0 Å². The first kappa shape index (κ1) is 10.5. The lowest BCUT2D eigenvalue weighted by Crippen LogP contribution is -2.37. The Kier molecular flexibility index (Phi) is 3.48. The molecule has 1 heteroatoms. The molecule has 0 spiro atoms. The molecule has 2 saturated carbocycles. The number of nitrogens with one attached hydrogen (secondary N) is 1. The fourth-order valence-corrected chi connectivity index (χ4v) is 3.85. The minimum absolute atomic E-state index is 0.992. The highest BCUT2D eigenvalue weighted by Crippen LogP contribution is 2.45. The summed E-state index contributed by atoms with van der Waals surface area (Å²) in [5.74, 6) is 4.13. The number of fused-ring (bicyclic) bond motifs is 1. The normalized spacial score (nSPS) is 43.3. The van der Waals surface area contributed by atoms with E-state index < -0.39 is 0 Å². The minimum atomic E-state index is 0.992. The van der Waals surface area contributed by atoms with Gasteiger partial charge < -0.3 is 5.32 Å². The monoisotopic (exact) mass is 195 g/mol. The van der Waals surface area contributed by atoms with Crippen LogP contribution in [0.2, 0.25) is 0 Å². The van der Waals surface area contributed by atoms with Gasteiger partial charge in [-0.2, -0.15) is 0 Å². The molecule has 0 aromatic carbocycles. The second-order valence-electron chi connectivity index (χ2n) is 5.59. The van der Waals surface area contributed by atoms with Gasteiger partial charge in [-0.1, -0.05) is 26.2 Å². The zero-order valence-electron chi connectivity index (χ0n) is 9.76. The predicted octanol–water partition coefficient (Wildman–Crippen LogP) is 3.06. The molecular formula is C13H25N. The summed E-state index contributed by atoms with van der Waals surface area (Å²) in [6, 6.07) is 0. The van der Waals surface area contributed by atoms with Crippen LogP contribution in [0, 0.1) is 23.7 Å². The van der Waals surface area contributed by atoms with Gasteiger partial charge in [0.2, 0.25) is 0 Å². The Bertz CT molecular complexity index is 169. The van der Waals surface area contributed by atoms with Crippen molar-refractivity contribution in [2.75, 3.05) is 13.6 Å². The lowest BCUT2D eigenvalue weighted by Gasteiger charge is -2.43. The maximum absolute atomic E-state index is 3.38. The van der Waals surface area contributed by atoms with Crippen molar-refractivity contribution < 1.29 is 0 Å². The molecule has 4 atom stereocenters. The molecule has 82 valence electrons. The molecule has 0 aromatic rings. The Labute approximate surface area is 88.7 Å². The van der Waals surface area contributed by atoms with E-state index in [4.69, 9.17) is 0 Å². The molecule has 1 nitrogen and oxygen atoms in total. The zero-order chi connectivity index (χ0) is 9.97. The van der Waals surface area contributed by atoms with E-state index in [1.54, 1.807) is 0 Å². The van der Waals surface area contributed by atoms with Crippen molar-refractivity contribution in [1.29, 1.82) is 0 Å². The lowest BCUT2D eigenvalue weighted by atomic mass is 9.63. The van der Waals surface area contributed by atoms with Crippen molar-refractivity contribution in [2.24, 2.45) is 23.7 Å². The van der Waals surface area contributed by atoms with E-state index in [1.807, 2.05) is 0 Å². The summed E-state index contributed by atoms with van der Waals surface area (Å²) in [7, 11) is 2.11. The largest absolute Gasteiger partial charge is 0.319 e. The smallest absolute Gasteiger partial charge is 0.00208 e. The molecule has 2 rings (SSSR count). The Morgan fingerprint density at radius 3 is 2.79 bits per heavy atom. The van der Waals surface area contributed by atoms with Crippen molar-refractivity contribution in [3.05, 3.63) is 0 Å². The number of hydrogen-bond acceptors (Lipinski definition) is 1. The summed E-state index contributed by atoms with van der Waals surface area (Å²) in [6.45, 7) is 3.70. The summed E-state index contributed by atoms with van der Waals surface area (Å²) >= 11 is 0. The molecule has 0 bridgehead atoms. The maximum atomic E-state index is 3.38. The van der Waals surface area contributed by atoms with Gasteiger partial charge >= 0.3 is 0 Å². The van der Waals surface area contributed by atoms with Crippen molar-refractivity contribution in [2.45, 2.75) is 45.4 Å². The van der Waals surface area contributed by atoms with E-state index in [0.717, 1.165) is 23.7 Å².